The number of rotatable bonds is 6. The van der Waals surface area contributed by atoms with Crippen LogP contribution in [0.4, 0.5) is 25.1 Å². The molecule has 0 fully saturated rings. The minimum Gasteiger partial charge on any atom is -0.383 e. The highest BCUT2D eigenvalue weighted by molar-refractivity contribution is 7.98. The fourth-order valence-electron chi connectivity index (χ4n) is 3.86. The molecule has 0 radical (unpaired) electrons. The molecule has 0 spiro atoms. The van der Waals surface area contributed by atoms with Gasteiger partial charge in [0.25, 0.3) is 0 Å². The lowest BCUT2D eigenvalue weighted by molar-refractivity contribution is 0.246. The number of aromatic nitrogens is 2. The van der Waals surface area contributed by atoms with E-state index in [2.05, 4.69) is 22.2 Å². The van der Waals surface area contributed by atoms with Crippen LogP contribution < -0.4 is 15.5 Å². The van der Waals surface area contributed by atoms with E-state index in [1.165, 1.54) is 17.8 Å². The maximum Gasteiger partial charge on any atom is 0.328 e. The first-order chi connectivity index (χ1) is 16.2. The highest BCUT2D eigenvalue weighted by Gasteiger charge is 2.34. The van der Waals surface area contributed by atoms with Crippen molar-refractivity contribution < 1.29 is 13.6 Å². The van der Waals surface area contributed by atoms with Gasteiger partial charge in [-0.05, 0) is 56.4 Å². The Balaban J connectivity index is 1.94. The Kier molecular flexibility index (Phi) is 6.56. The van der Waals surface area contributed by atoms with Gasteiger partial charge in [0.1, 0.15) is 17.3 Å². The normalized spacial score (nSPS) is 13.0. The first kappa shape index (κ1) is 23.7. The van der Waals surface area contributed by atoms with Crippen molar-refractivity contribution in [3.8, 4) is 11.3 Å². The summed E-state index contributed by atoms with van der Waals surface area (Å²) in [7, 11) is 0. The van der Waals surface area contributed by atoms with Crippen molar-refractivity contribution in [1.29, 1.82) is 0 Å². The lowest BCUT2D eigenvalue weighted by atomic mass is 9.97. The first-order valence-corrected chi connectivity index (χ1v) is 12.0. The highest BCUT2D eigenvalue weighted by Crippen LogP contribution is 2.39. The van der Waals surface area contributed by atoms with E-state index in [4.69, 9.17) is 4.98 Å². The molecule has 0 aliphatic carbocycles. The van der Waals surface area contributed by atoms with E-state index in [0.29, 0.717) is 16.4 Å². The van der Waals surface area contributed by atoms with Crippen LogP contribution in [0.2, 0.25) is 0 Å². The van der Waals surface area contributed by atoms with Crippen LogP contribution in [0.25, 0.3) is 17.0 Å². The van der Waals surface area contributed by atoms with Crippen molar-refractivity contribution >= 4 is 35.0 Å². The van der Waals surface area contributed by atoms with Gasteiger partial charge >= 0.3 is 6.03 Å². The highest BCUT2D eigenvalue weighted by atomic mass is 32.2. The van der Waals surface area contributed by atoms with Gasteiger partial charge in [-0.1, -0.05) is 36.5 Å². The van der Waals surface area contributed by atoms with Gasteiger partial charge < -0.3 is 10.6 Å². The van der Waals surface area contributed by atoms with Crippen molar-refractivity contribution in [2.45, 2.75) is 38.5 Å². The molecule has 9 heteroatoms. The zero-order chi connectivity index (χ0) is 24.6. The molecule has 34 heavy (non-hydrogen) atoms. The van der Waals surface area contributed by atoms with Crippen LogP contribution in [0.5, 0.6) is 0 Å². The molecule has 0 saturated carbocycles. The van der Waals surface area contributed by atoms with Crippen LogP contribution in [0.1, 0.15) is 30.5 Å². The molecule has 2 aromatic carbocycles. The van der Waals surface area contributed by atoms with Gasteiger partial charge in [-0.25, -0.2) is 28.4 Å². The third kappa shape index (κ3) is 4.35. The maximum absolute atomic E-state index is 14.7. The number of thioether (sulfide) groups is 1. The van der Waals surface area contributed by atoms with Crippen LogP contribution in [-0.4, -0.2) is 28.3 Å². The number of para-hydroxylation sites is 1. The lowest BCUT2D eigenvalue weighted by Crippen LogP contribution is -2.43. The summed E-state index contributed by atoms with van der Waals surface area (Å²) >= 11 is 1.28. The second-order valence-electron chi connectivity index (χ2n) is 8.23. The standard InChI is InChI=1S/C25H25F2N5OS/c1-13(2)29-15(4)16-10-9-14(3)17(11-16)21-18-12-28-25(33)32(23(18)31-24(30-21)34-5)22-19(26)7-6-8-20(22)27/h6-11,13,29H,4,12H2,1-3,5H3,(H,28,33). The van der Waals surface area contributed by atoms with Crippen LogP contribution in [0.3, 0.4) is 0 Å². The van der Waals surface area contributed by atoms with Gasteiger partial charge in [0.2, 0.25) is 0 Å². The summed E-state index contributed by atoms with van der Waals surface area (Å²) in [6, 6.07) is 8.95. The van der Waals surface area contributed by atoms with E-state index in [-0.39, 0.29) is 18.4 Å². The summed E-state index contributed by atoms with van der Waals surface area (Å²) in [6.45, 7) is 10.3. The summed E-state index contributed by atoms with van der Waals surface area (Å²) in [5.74, 6) is -1.56. The molecule has 0 saturated heterocycles. The van der Waals surface area contributed by atoms with Crippen molar-refractivity contribution in [3.63, 3.8) is 0 Å². The van der Waals surface area contributed by atoms with Gasteiger partial charge in [-0.2, -0.15) is 0 Å². The minimum atomic E-state index is -0.858. The number of carbonyl (C=O) groups excluding carboxylic acids is 1. The second-order valence-corrected chi connectivity index (χ2v) is 9.01. The zero-order valence-electron chi connectivity index (χ0n) is 19.4. The predicted octanol–water partition coefficient (Wildman–Crippen LogP) is 5.78. The second kappa shape index (κ2) is 9.42. The van der Waals surface area contributed by atoms with Crippen LogP contribution in [0.15, 0.2) is 48.1 Å². The van der Waals surface area contributed by atoms with E-state index in [9.17, 15) is 13.6 Å². The summed E-state index contributed by atoms with van der Waals surface area (Å²) in [6.07, 6.45) is 1.81. The third-order valence-corrected chi connectivity index (χ3v) is 5.99. The number of anilines is 2. The maximum atomic E-state index is 14.7. The van der Waals surface area contributed by atoms with E-state index in [0.717, 1.165) is 39.4 Å². The van der Waals surface area contributed by atoms with Gasteiger partial charge in [-0.15, -0.1) is 0 Å². The number of amides is 2. The SMILES string of the molecule is C=C(NC(C)C)c1ccc(C)c(-c2nc(SC)nc3c2CNC(=O)N3c2c(F)cccc2F)c1. The smallest absolute Gasteiger partial charge is 0.328 e. The molecule has 6 nitrogen and oxygen atoms in total. The quantitative estimate of drug-likeness (QED) is 0.345. The third-order valence-electron chi connectivity index (χ3n) is 5.44. The van der Waals surface area contributed by atoms with Gasteiger partial charge in [0.05, 0.1) is 12.2 Å². The average Bonchev–Trinajstić information content (AvgIpc) is 2.79. The first-order valence-electron chi connectivity index (χ1n) is 10.7. The van der Waals surface area contributed by atoms with Crippen molar-refractivity contribution in [2.24, 2.45) is 0 Å². The van der Waals surface area contributed by atoms with Crippen molar-refractivity contribution in [3.05, 3.63) is 71.3 Å². The average molecular weight is 482 g/mol. The monoisotopic (exact) mass is 481 g/mol. The van der Waals surface area contributed by atoms with Crippen LogP contribution in [0, 0.1) is 18.6 Å². The molecule has 0 unspecified atom stereocenters. The molecule has 2 N–H and O–H groups in total. The number of nitrogens with zero attached hydrogens (tertiary/aromatic N) is 3. The van der Waals surface area contributed by atoms with E-state index < -0.39 is 23.4 Å². The molecule has 3 aromatic rings. The number of fused-ring (bicyclic) bond motifs is 1. The molecule has 1 aliphatic heterocycles. The van der Waals surface area contributed by atoms with Gasteiger partial charge in [0, 0.05) is 22.9 Å². The lowest BCUT2D eigenvalue weighted by Gasteiger charge is -2.30. The molecule has 176 valence electrons. The number of carbonyl (C=O) groups is 1. The predicted molar refractivity (Wildman–Crippen MR) is 132 cm³/mol. The number of hydrogen-bond acceptors (Lipinski definition) is 5. The van der Waals surface area contributed by atoms with Gasteiger partial charge in [-0.3, -0.25) is 0 Å². The van der Waals surface area contributed by atoms with E-state index >= 15 is 0 Å². The van der Waals surface area contributed by atoms with Crippen LogP contribution in [-0.2, 0) is 6.54 Å². The Morgan fingerprint density at radius 1 is 1.21 bits per heavy atom. The number of halogens is 2. The van der Waals surface area contributed by atoms with Crippen molar-refractivity contribution in [2.75, 3.05) is 11.2 Å². The summed E-state index contributed by atoms with van der Waals surface area (Å²) < 4.78 is 29.4. The molecule has 1 aromatic heterocycles. The Labute approximate surface area is 201 Å². The molecular weight excluding hydrogens is 456 g/mol. The molecule has 0 atom stereocenters. The molecular formula is C25H25F2N5OS. The van der Waals surface area contributed by atoms with Crippen LogP contribution >= 0.6 is 11.8 Å². The topological polar surface area (TPSA) is 70.1 Å². The molecule has 1 aliphatic rings. The molecule has 2 amide bonds. The fraction of sp³-hybridized carbons (Fsp3) is 0.240. The Hall–Kier alpha value is -3.46. The summed E-state index contributed by atoms with van der Waals surface area (Å²) in [4.78, 5) is 23.0. The molecule has 4 rings (SSSR count). The fourth-order valence-corrected chi connectivity index (χ4v) is 4.22. The number of benzene rings is 2. The molecule has 2 heterocycles. The summed E-state index contributed by atoms with van der Waals surface area (Å²) in [5, 5.41) is 6.40. The zero-order valence-corrected chi connectivity index (χ0v) is 20.2. The Morgan fingerprint density at radius 3 is 2.56 bits per heavy atom. The number of nitrogens with one attached hydrogen (secondary N) is 2. The number of hydrogen-bond donors (Lipinski definition) is 2. The molecule has 0 bridgehead atoms. The van der Waals surface area contributed by atoms with E-state index in [1.54, 1.807) is 6.26 Å². The van der Waals surface area contributed by atoms with E-state index in [1.807, 2.05) is 39.0 Å². The van der Waals surface area contributed by atoms with Crippen molar-refractivity contribution in [1.82, 2.24) is 20.6 Å². The summed E-state index contributed by atoms with van der Waals surface area (Å²) in [5.41, 5.74) is 4.13. The largest absolute Gasteiger partial charge is 0.383 e. The number of urea groups is 1. The van der Waals surface area contributed by atoms with Gasteiger partial charge in [0.15, 0.2) is 11.0 Å². The Bertz CT molecular complexity index is 1270. The minimum absolute atomic E-state index is 0.125. The number of aryl methyl sites for hydroxylation is 1. The Morgan fingerprint density at radius 2 is 1.91 bits per heavy atom.